The number of nitrogens with zero attached hydrogens (tertiary/aromatic N) is 1. The lowest BCUT2D eigenvalue weighted by Gasteiger charge is -2.11. The molecule has 0 bridgehead atoms. The lowest BCUT2D eigenvalue weighted by molar-refractivity contribution is 0.307. The van der Waals surface area contributed by atoms with Crippen LogP contribution in [0.3, 0.4) is 0 Å². The second-order valence-corrected chi connectivity index (χ2v) is 5.77. The Morgan fingerprint density at radius 1 is 1.00 bits per heavy atom. The summed E-state index contributed by atoms with van der Waals surface area (Å²) < 4.78 is 8.22. The van der Waals surface area contributed by atoms with E-state index in [-0.39, 0.29) is 0 Å². The third kappa shape index (κ3) is 2.72. The van der Waals surface area contributed by atoms with Gasteiger partial charge in [-0.2, -0.15) is 0 Å². The largest absolute Gasteiger partial charge is 0.489 e. The molecule has 0 unspecified atom stereocenters. The molecule has 2 N–H and O–H groups in total. The van der Waals surface area contributed by atoms with Gasteiger partial charge < -0.3 is 15.0 Å². The predicted molar refractivity (Wildman–Crippen MR) is 91.0 cm³/mol. The Morgan fingerprint density at radius 2 is 1.77 bits per heavy atom. The lowest BCUT2D eigenvalue weighted by atomic mass is 10.1. The van der Waals surface area contributed by atoms with Gasteiger partial charge in [-0.05, 0) is 31.5 Å². The van der Waals surface area contributed by atoms with Gasteiger partial charge in [-0.3, -0.25) is 0 Å². The minimum atomic E-state index is 0.390. The van der Waals surface area contributed by atoms with Crippen molar-refractivity contribution in [2.45, 2.75) is 33.0 Å². The summed E-state index contributed by atoms with van der Waals surface area (Å²) in [7, 11) is 0. The van der Waals surface area contributed by atoms with Gasteiger partial charge in [-0.1, -0.05) is 36.4 Å². The molecule has 0 aliphatic rings. The number of ether oxygens (including phenoxy) is 1. The van der Waals surface area contributed by atoms with Crippen molar-refractivity contribution >= 4 is 10.9 Å². The molecular weight excluding hydrogens is 272 g/mol. The third-order valence-corrected chi connectivity index (χ3v) is 3.93. The minimum Gasteiger partial charge on any atom is -0.489 e. The van der Waals surface area contributed by atoms with Crippen LogP contribution in [0.1, 0.15) is 31.0 Å². The number of aromatic nitrogens is 1. The Morgan fingerprint density at radius 3 is 2.45 bits per heavy atom. The number of nitrogens with two attached hydrogens (primary N) is 1. The average molecular weight is 294 g/mol. The molecule has 0 aliphatic carbocycles. The van der Waals surface area contributed by atoms with Crippen molar-refractivity contribution in [3.8, 4) is 5.75 Å². The van der Waals surface area contributed by atoms with Gasteiger partial charge in [0.05, 0.1) is 5.52 Å². The monoisotopic (exact) mass is 294 g/mol. The number of hydrogen-bond donors (Lipinski definition) is 1. The Kier molecular flexibility index (Phi) is 4.16. The molecule has 0 saturated heterocycles. The van der Waals surface area contributed by atoms with Crippen molar-refractivity contribution < 1.29 is 4.74 Å². The van der Waals surface area contributed by atoms with Crippen molar-refractivity contribution in [2.75, 3.05) is 0 Å². The zero-order valence-corrected chi connectivity index (χ0v) is 13.1. The summed E-state index contributed by atoms with van der Waals surface area (Å²) in [5.74, 6) is 0.892. The van der Waals surface area contributed by atoms with E-state index in [4.69, 9.17) is 10.5 Å². The van der Waals surface area contributed by atoms with Crippen LogP contribution in [0.2, 0.25) is 0 Å². The molecule has 0 aliphatic heterocycles. The van der Waals surface area contributed by atoms with Gasteiger partial charge in [0, 0.05) is 29.7 Å². The summed E-state index contributed by atoms with van der Waals surface area (Å²) in [5.41, 5.74) is 9.52. The molecule has 0 spiro atoms. The first-order valence-electron chi connectivity index (χ1n) is 7.70. The van der Waals surface area contributed by atoms with Gasteiger partial charge in [0.2, 0.25) is 0 Å². The maximum absolute atomic E-state index is 5.92. The van der Waals surface area contributed by atoms with Crippen molar-refractivity contribution in [3.63, 3.8) is 0 Å². The van der Waals surface area contributed by atoms with Crippen molar-refractivity contribution in [3.05, 3.63) is 65.9 Å². The lowest BCUT2D eigenvalue weighted by Crippen LogP contribution is -2.03. The number of rotatable bonds is 5. The third-order valence-electron chi connectivity index (χ3n) is 3.93. The molecule has 0 saturated carbocycles. The molecule has 0 radical (unpaired) electrons. The summed E-state index contributed by atoms with van der Waals surface area (Å²) in [6.45, 7) is 5.49. The number of hydrogen-bond acceptors (Lipinski definition) is 2. The van der Waals surface area contributed by atoms with Crippen LogP contribution in [0.15, 0.2) is 54.7 Å². The van der Waals surface area contributed by atoms with E-state index in [1.54, 1.807) is 0 Å². The Balaban J connectivity index is 1.99. The molecule has 1 heterocycles. The van der Waals surface area contributed by atoms with Gasteiger partial charge in [0.15, 0.2) is 0 Å². The Labute approximate surface area is 131 Å². The quantitative estimate of drug-likeness (QED) is 0.763. The molecule has 1 aromatic heterocycles. The summed E-state index contributed by atoms with van der Waals surface area (Å²) >= 11 is 0. The van der Waals surface area contributed by atoms with Gasteiger partial charge in [0.25, 0.3) is 0 Å². The van der Waals surface area contributed by atoms with Crippen LogP contribution in [0, 0.1) is 0 Å². The fourth-order valence-electron chi connectivity index (χ4n) is 2.82. The van der Waals surface area contributed by atoms with Crippen LogP contribution >= 0.6 is 0 Å². The molecule has 22 heavy (non-hydrogen) atoms. The van der Waals surface area contributed by atoms with Crippen LogP contribution < -0.4 is 10.5 Å². The second kappa shape index (κ2) is 6.24. The molecule has 3 nitrogen and oxygen atoms in total. The van der Waals surface area contributed by atoms with Gasteiger partial charge in [0.1, 0.15) is 12.4 Å². The molecule has 0 amide bonds. The normalized spacial score (nSPS) is 11.3. The van der Waals surface area contributed by atoms with Crippen LogP contribution in [0.25, 0.3) is 10.9 Å². The van der Waals surface area contributed by atoms with E-state index in [2.05, 4.69) is 42.8 Å². The van der Waals surface area contributed by atoms with E-state index in [1.165, 1.54) is 22.0 Å². The SMILES string of the molecule is CC(C)n1cc(COc2ccccc2)c2cccc(CN)c21. The molecule has 114 valence electrons. The zero-order chi connectivity index (χ0) is 15.5. The fourth-order valence-corrected chi connectivity index (χ4v) is 2.82. The number of fused-ring (bicyclic) bond motifs is 1. The van der Waals surface area contributed by atoms with Crippen molar-refractivity contribution in [2.24, 2.45) is 5.73 Å². The Hall–Kier alpha value is -2.26. The van der Waals surface area contributed by atoms with Crippen molar-refractivity contribution in [1.29, 1.82) is 0 Å². The predicted octanol–water partition coefficient (Wildman–Crippen LogP) is 4.26. The van der Waals surface area contributed by atoms with Crippen LogP contribution in [0.4, 0.5) is 0 Å². The summed E-state index contributed by atoms with van der Waals surface area (Å²) in [4.78, 5) is 0. The topological polar surface area (TPSA) is 40.2 Å². The minimum absolute atomic E-state index is 0.390. The fraction of sp³-hybridized carbons (Fsp3) is 0.263. The molecule has 3 aromatic rings. The highest BCUT2D eigenvalue weighted by atomic mass is 16.5. The molecule has 0 fully saturated rings. The van der Waals surface area contributed by atoms with Gasteiger partial charge in [-0.15, -0.1) is 0 Å². The van der Waals surface area contributed by atoms with Crippen molar-refractivity contribution in [1.82, 2.24) is 4.57 Å². The highest BCUT2D eigenvalue weighted by molar-refractivity contribution is 5.87. The smallest absolute Gasteiger partial charge is 0.119 e. The van der Waals surface area contributed by atoms with Gasteiger partial charge >= 0.3 is 0 Å². The maximum atomic E-state index is 5.92. The van der Waals surface area contributed by atoms with Crippen LogP contribution in [-0.4, -0.2) is 4.57 Å². The van der Waals surface area contributed by atoms with Gasteiger partial charge in [-0.25, -0.2) is 0 Å². The van der Waals surface area contributed by atoms with E-state index in [9.17, 15) is 0 Å². The highest BCUT2D eigenvalue weighted by Crippen LogP contribution is 2.28. The molecule has 2 aromatic carbocycles. The standard InChI is InChI=1S/C19H22N2O/c1-14(2)21-12-16(13-22-17-8-4-3-5-9-17)18-10-6-7-15(11-20)19(18)21/h3-10,12,14H,11,13,20H2,1-2H3. The van der Waals surface area contributed by atoms with Crippen LogP contribution in [0.5, 0.6) is 5.75 Å². The first-order chi connectivity index (χ1) is 10.7. The van der Waals surface area contributed by atoms with Crippen LogP contribution in [-0.2, 0) is 13.2 Å². The number of benzene rings is 2. The molecule has 3 rings (SSSR count). The second-order valence-electron chi connectivity index (χ2n) is 5.77. The maximum Gasteiger partial charge on any atom is 0.119 e. The molecule has 3 heteroatoms. The highest BCUT2D eigenvalue weighted by Gasteiger charge is 2.13. The zero-order valence-electron chi connectivity index (χ0n) is 13.1. The average Bonchev–Trinajstić information content (AvgIpc) is 2.93. The summed E-state index contributed by atoms with van der Waals surface area (Å²) in [5, 5.41) is 1.23. The van der Waals surface area contributed by atoms with E-state index in [1.807, 2.05) is 30.3 Å². The molecule has 0 atom stereocenters. The Bertz CT molecular complexity index is 760. The summed E-state index contributed by atoms with van der Waals surface area (Å²) in [6.07, 6.45) is 2.19. The number of para-hydroxylation sites is 2. The van der Waals surface area contributed by atoms with E-state index in [0.717, 1.165) is 5.75 Å². The first-order valence-corrected chi connectivity index (χ1v) is 7.70. The van der Waals surface area contributed by atoms with E-state index >= 15 is 0 Å². The first kappa shape index (κ1) is 14.7. The molecular formula is C19H22N2O. The van der Waals surface area contributed by atoms with E-state index in [0.29, 0.717) is 19.2 Å². The summed E-state index contributed by atoms with van der Waals surface area (Å²) in [6, 6.07) is 16.6. The van der Waals surface area contributed by atoms with E-state index < -0.39 is 0 Å².